The number of aliphatic hydroxyl groups is 1. The van der Waals surface area contributed by atoms with Gasteiger partial charge in [0.25, 0.3) is 0 Å². The van der Waals surface area contributed by atoms with Gasteiger partial charge in [-0.15, -0.1) is 0 Å². The summed E-state index contributed by atoms with van der Waals surface area (Å²) in [6, 6.07) is 0. The highest BCUT2D eigenvalue weighted by Crippen LogP contribution is 2.59. The van der Waals surface area contributed by atoms with E-state index in [2.05, 4.69) is 0 Å². The molecule has 3 aliphatic rings. The molecule has 3 fully saturated rings. The zero-order valence-electron chi connectivity index (χ0n) is 7.53. The minimum Gasteiger partial charge on any atom is -0.465 e. The monoisotopic (exact) mass is 182 g/mol. The predicted octanol–water partition coefficient (Wildman–Crippen LogP) is 0.711. The molecule has 1 spiro atoms. The highest BCUT2D eigenvalue weighted by Gasteiger charge is 2.61. The van der Waals surface area contributed by atoms with Crippen molar-refractivity contribution in [1.29, 1.82) is 0 Å². The topological polar surface area (TPSA) is 46.5 Å². The Morgan fingerprint density at radius 1 is 1.46 bits per heavy atom. The second-order valence-electron chi connectivity index (χ2n) is 4.76. The third-order valence-electron chi connectivity index (χ3n) is 4.18. The number of hydrogen-bond acceptors (Lipinski definition) is 3. The third-order valence-corrected chi connectivity index (χ3v) is 4.18. The van der Waals surface area contributed by atoms with E-state index in [0.29, 0.717) is 12.5 Å². The Labute approximate surface area is 77.1 Å². The van der Waals surface area contributed by atoms with Gasteiger partial charge in [0.05, 0.1) is 18.1 Å². The van der Waals surface area contributed by atoms with Crippen LogP contribution in [0.1, 0.15) is 25.7 Å². The summed E-state index contributed by atoms with van der Waals surface area (Å²) in [6.07, 6.45) is 3.50. The van der Waals surface area contributed by atoms with Crippen molar-refractivity contribution in [3.63, 3.8) is 0 Å². The average molecular weight is 182 g/mol. The van der Waals surface area contributed by atoms with Gasteiger partial charge < -0.3 is 9.84 Å². The Kier molecular flexibility index (Phi) is 1.36. The second-order valence-corrected chi connectivity index (χ2v) is 4.76. The molecule has 0 amide bonds. The first kappa shape index (κ1) is 7.80. The molecule has 2 saturated carbocycles. The molecule has 0 aromatic rings. The summed E-state index contributed by atoms with van der Waals surface area (Å²) in [4.78, 5) is 11.6. The number of carbonyl (C=O) groups is 1. The SMILES string of the molecule is O=C1OCCC12CC1CC(O)C2C1. The molecular weight excluding hydrogens is 168 g/mol. The molecule has 0 radical (unpaired) electrons. The minimum absolute atomic E-state index is 0.0428. The van der Waals surface area contributed by atoms with Crippen LogP contribution in [0.5, 0.6) is 0 Å². The molecule has 0 aromatic heterocycles. The van der Waals surface area contributed by atoms with Crippen molar-refractivity contribution in [2.24, 2.45) is 17.3 Å². The van der Waals surface area contributed by atoms with E-state index in [4.69, 9.17) is 4.74 Å². The summed E-state index contributed by atoms with van der Waals surface area (Å²) in [6.45, 7) is 0.564. The molecule has 2 aliphatic carbocycles. The van der Waals surface area contributed by atoms with Gasteiger partial charge in [-0.1, -0.05) is 0 Å². The van der Waals surface area contributed by atoms with Crippen LogP contribution in [0.4, 0.5) is 0 Å². The predicted molar refractivity (Wildman–Crippen MR) is 44.8 cm³/mol. The van der Waals surface area contributed by atoms with Crippen LogP contribution in [-0.2, 0) is 9.53 Å². The molecule has 4 unspecified atom stereocenters. The lowest BCUT2D eigenvalue weighted by Gasteiger charge is -2.32. The molecule has 0 aromatic carbocycles. The van der Waals surface area contributed by atoms with Crippen molar-refractivity contribution < 1.29 is 14.6 Å². The zero-order valence-corrected chi connectivity index (χ0v) is 7.53. The fraction of sp³-hybridized carbons (Fsp3) is 0.900. The van der Waals surface area contributed by atoms with E-state index in [-0.39, 0.29) is 23.4 Å². The summed E-state index contributed by atoms with van der Waals surface area (Å²) < 4.78 is 5.04. The molecule has 2 bridgehead atoms. The quantitative estimate of drug-likeness (QED) is 0.561. The van der Waals surface area contributed by atoms with Gasteiger partial charge in [0.1, 0.15) is 0 Å². The van der Waals surface area contributed by atoms with Crippen LogP contribution in [-0.4, -0.2) is 23.8 Å². The van der Waals surface area contributed by atoms with E-state index in [0.717, 1.165) is 25.7 Å². The van der Waals surface area contributed by atoms with E-state index >= 15 is 0 Å². The maximum absolute atomic E-state index is 11.6. The van der Waals surface area contributed by atoms with Gasteiger partial charge in [-0.3, -0.25) is 4.79 Å². The normalized spacial score (nSPS) is 53.3. The fourth-order valence-electron chi connectivity index (χ4n) is 3.64. The van der Waals surface area contributed by atoms with E-state index in [9.17, 15) is 9.90 Å². The number of aliphatic hydroxyl groups excluding tert-OH is 1. The molecular formula is C10H14O3. The Balaban J connectivity index is 1.97. The Hall–Kier alpha value is -0.570. The van der Waals surface area contributed by atoms with Gasteiger partial charge in [-0.25, -0.2) is 0 Å². The highest BCUT2D eigenvalue weighted by atomic mass is 16.5. The Morgan fingerprint density at radius 2 is 2.31 bits per heavy atom. The summed E-state index contributed by atoms with van der Waals surface area (Å²) in [5.41, 5.74) is -0.275. The van der Waals surface area contributed by atoms with E-state index in [1.54, 1.807) is 0 Å². The van der Waals surface area contributed by atoms with Crippen molar-refractivity contribution in [3.05, 3.63) is 0 Å². The van der Waals surface area contributed by atoms with Gasteiger partial charge in [0, 0.05) is 5.92 Å². The smallest absolute Gasteiger partial charge is 0.312 e. The summed E-state index contributed by atoms with van der Waals surface area (Å²) >= 11 is 0. The number of cyclic esters (lactones) is 1. The van der Waals surface area contributed by atoms with Gasteiger partial charge in [-0.2, -0.15) is 0 Å². The number of carbonyl (C=O) groups excluding carboxylic acids is 1. The first-order valence-corrected chi connectivity index (χ1v) is 5.08. The molecule has 72 valence electrons. The molecule has 1 aliphatic heterocycles. The van der Waals surface area contributed by atoms with Crippen LogP contribution in [0.2, 0.25) is 0 Å². The van der Waals surface area contributed by atoms with Crippen molar-refractivity contribution in [1.82, 2.24) is 0 Å². The molecule has 3 nitrogen and oxygen atoms in total. The van der Waals surface area contributed by atoms with Gasteiger partial charge >= 0.3 is 5.97 Å². The van der Waals surface area contributed by atoms with Crippen molar-refractivity contribution in [2.75, 3.05) is 6.61 Å². The summed E-state index contributed by atoms with van der Waals surface area (Å²) in [7, 11) is 0. The first-order valence-electron chi connectivity index (χ1n) is 5.08. The van der Waals surface area contributed by atoms with Crippen LogP contribution in [0.25, 0.3) is 0 Å². The minimum atomic E-state index is -0.275. The molecule has 4 atom stereocenters. The van der Waals surface area contributed by atoms with Gasteiger partial charge in [0.2, 0.25) is 0 Å². The molecule has 13 heavy (non-hydrogen) atoms. The number of esters is 1. The fourth-order valence-corrected chi connectivity index (χ4v) is 3.64. The maximum atomic E-state index is 11.6. The average Bonchev–Trinajstić information content (AvgIpc) is 2.69. The lowest BCUT2D eigenvalue weighted by Crippen LogP contribution is -2.39. The molecule has 1 heterocycles. The third kappa shape index (κ3) is 0.810. The molecule has 1 N–H and O–H groups in total. The summed E-state index contributed by atoms with van der Waals surface area (Å²) in [5, 5.41) is 9.75. The number of ether oxygens (including phenoxy) is 1. The van der Waals surface area contributed by atoms with Gasteiger partial charge in [-0.05, 0) is 31.6 Å². The van der Waals surface area contributed by atoms with Crippen LogP contribution in [0, 0.1) is 17.3 Å². The highest BCUT2D eigenvalue weighted by molar-refractivity contribution is 5.79. The maximum Gasteiger partial charge on any atom is 0.312 e. The largest absolute Gasteiger partial charge is 0.465 e. The van der Waals surface area contributed by atoms with Crippen molar-refractivity contribution in [3.8, 4) is 0 Å². The second kappa shape index (κ2) is 2.27. The van der Waals surface area contributed by atoms with Crippen molar-refractivity contribution >= 4 is 5.97 Å². The Bertz CT molecular complexity index is 263. The number of rotatable bonds is 0. The first-order chi connectivity index (χ1) is 6.22. The van der Waals surface area contributed by atoms with E-state index in [1.807, 2.05) is 0 Å². The molecule has 3 rings (SSSR count). The lowest BCUT2D eigenvalue weighted by molar-refractivity contribution is -0.151. The lowest BCUT2D eigenvalue weighted by atomic mass is 9.71. The number of fused-ring (bicyclic) bond motifs is 3. The number of hydrogen-bond donors (Lipinski definition) is 1. The Morgan fingerprint density at radius 3 is 2.85 bits per heavy atom. The van der Waals surface area contributed by atoms with E-state index in [1.165, 1.54) is 0 Å². The van der Waals surface area contributed by atoms with Crippen LogP contribution in [0.3, 0.4) is 0 Å². The zero-order chi connectivity index (χ0) is 9.05. The van der Waals surface area contributed by atoms with Gasteiger partial charge in [0.15, 0.2) is 0 Å². The van der Waals surface area contributed by atoms with Crippen LogP contribution < -0.4 is 0 Å². The molecule has 1 saturated heterocycles. The van der Waals surface area contributed by atoms with Crippen LogP contribution in [0.15, 0.2) is 0 Å². The van der Waals surface area contributed by atoms with E-state index < -0.39 is 0 Å². The van der Waals surface area contributed by atoms with Crippen molar-refractivity contribution in [2.45, 2.75) is 31.8 Å². The molecule has 3 heteroatoms. The van der Waals surface area contributed by atoms with Crippen LogP contribution >= 0.6 is 0 Å². The summed E-state index contributed by atoms with van der Waals surface area (Å²) in [5.74, 6) is 0.733. The standard InChI is InChI=1S/C10H14O3/c11-8-4-6-3-7(8)10(5-6)1-2-13-9(10)12/h6-8,11H,1-5H2.